The molecule has 4 nitrogen and oxygen atoms in total. The molecular formula is C8H8ClFN2O2. The lowest BCUT2D eigenvalue weighted by Crippen LogP contribution is -2.22. The van der Waals surface area contributed by atoms with Crippen LogP contribution in [0.25, 0.3) is 0 Å². The van der Waals surface area contributed by atoms with E-state index in [1.54, 1.807) is 0 Å². The molecule has 1 aromatic rings. The summed E-state index contributed by atoms with van der Waals surface area (Å²) in [5.41, 5.74) is 5.14. The summed E-state index contributed by atoms with van der Waals surface area (Å²) in [6, 6.07) is 2.13. The highest BCUT2D eigenvalue weighted by molar-refractivity contribution is 6.32. The maximum absolute atomic E-state index is 12.9. The maximum Gasteiger partial charge on any atom is 0.412 e. The van der Waals surface area contributed by atoms with Crippen LogP contribution in [0.1, 0.15) is 0 Å². The normalized spacial score (nSPS) is 9.64. The molecular weight excluding hydrogens is 211 g/mol. The van der Waals surface area contributed by atoms with Crippen molar-refractivity contribution in [2.24, 2.45) is 0 Å². The molecule has 14 heavy (non-hydrogen) atoms. The summed E-state index contributed by atoms with van der Waals surface area (Å²) in [6.07, 6.45) is -0.726. The van der Waals surface area contributed by atoms with Gasteiger partial charge in [-0.15, -0.1) is 0 Å². The van der Waals surface area contributed by atoms with Crippen LogP contribution >= 0.6 is 11.6 Å². The van der Waals surface area contributed by atoms with E-state index in [2.05, 4.69) is 10.1 Å². The fraction of sp³-hybridized carbons (Fsp3) is 0.125. The lowest BCUT2D eigenvalue weighted by Gasteiger charge is -2.06. The van der Waals surface area contributed by atoms with E-state index in [4.69, 9.17) is 17.3 Å². The number of nitrogen functional groups attached to an aromatic ring is 1. The number of halogens is 2. The predicted molar refractivity (Wildman–Crippen MR) is 50.9 cm³/mol. The average Bonchev–Trinajstić information content (AvgIpc) is 2.14. The van der Waals surface area contributed by atoms with Gasteiger partial charge in [-0.3, -0.25) is 0 Å². The fourth-order valence-electron chi connectivity index (χ4n) is 0.773. The molecule has 6 heteroatoms. The molecule has 0 aliphatic carbocycles. The molecule has 0 bridgehead atoms. The van der Waals surface area contributed by atoms with Crippen molar-refractivity contribution in [1.29, 1.82) is 0 Å². The Hall–Kier alpha value is -1.49. The molecule has 0 fully saturated rings. The van der Waals surface area contributed by atoms with Gasteiger partial charge in [-0.05, 0) is 6.07 Å². The third-order valence-corrected chi connectivity index (χ3v) is 1.75. The molecule has 0 aromatic heterocycles. The minimum absolute atomic E-state index is 0.0716. The second kappa shape index (κ2) is 4.15. The highest BCUT2D eigenvalue weighted by Crippen LogP contribution is 2.28. The zero-order chi connectivity index (χ0) is 10.7. The van der Waals surface area contributed by atoms with E-state index in [1.807, 2.05) is 0 Å². The number of nitrogens with two attached hydrogens (primary N) is 1. The third kappa shape index (κ3) is 2.26. The minimum Gasteiger partial charge on any atom is -0.409 e. The van der Waals surface area contributed by atoms with Crippen LogP contribution in [0.4, 0.5) is 14.9 Å². The van der Waals surface area contributed by atoms with Gasteiger partial charge in [0.15, 0.2) is 5.75 Å². The summed E-state index contributed by atoms with van der Waals surface area (Å²) >= 11 is 5.65. The topological polar surface area (TPSA) is 64.3 Å². The lowest BCUT2D eigenvalue weighted by atomic mass is 10.3. The van der Waals surface area contributed by atoms with Crippen molar-refractivity contribution in [3.05, 3.63) is 23.0 Å². The van der Waals surface area contributed by atoms with Gasteiger partial charge in [0.1, 0.15) is 5.82 Å². The van der Waals surface area contributed by atoms with E-state index in [1.165, 1.54) is 13.1 Å². The first-order chi connectivity index (χ1) is 6.54. The van der Waals surface area contributed by atoms with Crippen LogP contribution < -0.4 is 15.8 Å². The monoisotopic (exact) mass is 218 g/mol. The van der Waals surface area contributed by atoms with Gasteiger partial charge in [0.25, 0.3) is 0 Å². The molecule has 76 valence electrons. The quantitative estimate of drug-likeness (QED) is 0.707. The van der Waals surface area contributed by atoms with Gasteiger partial charge in [0, 0.05) is 13.1 Å². The number of carbonyl (C=O) groups is 1. The summed E-state index contributed by atoms with van der Waals surface area (Å²) in [4.78, 5) is 10.8. The molecule has 0 aliphatic rings. The smallest absolute Gasteiger partial charge is 0.409 e. The number of hydrogen-bond acceptors (Lipinski definition) is 3. The van der Waals surface area contributed by atoms with Crippen LogP contribution in [0.15, 0.2) is 12.1 Å². The molecule has 1 rings (SSSR count). The number of hydrogen-bond donors (Lipinski definition) is 2. The Morgan fingerprint density at radius 1 is 1.64 bits per heavy atom. The van der Waals surface area contributed by atoms with E-state index in [0.29, 0.717) is 0 Å². The lowest BCUT2D eigenvalue weighted by molar-refractivity contribution is 0.203. The summed E-state index contributed by atoms with van der Waals surface area (Å²) in [7, 11) is 1.38. The van der Waals surface area contributed by atoms with Crippen molar-refractivity contribution in [2.75, 3.05) is 12.8 Å². The van der Waals surface area contributed by atoms with Gasteiger partial charge in [0.2, 0.25) is 0 Å². The molecule has 0 aliphatic heterocycles. The number of ether oxygens (including phenoxy) is 1. The average molecular weight is 219 g/mol. The number of rotatable bonds is 1. The molecule has 0 unspecified atom stereocenters. The predicted octanol–water partition coefficient (Wildman–Crippen LogP) is 1.78. The van der Waals surface area contributed by atoms with Crippen LogP contribution in [0, 0.1) is 5.82 Å². The molecule has 0 saturated carbocycles. The van der Waals surface area contributed by atoms with Crippen molar-refractivity contribution in [1.82, 2.24) is 5.32 Å². The van der Waals surface area contributed by atoms with Gasteiger partial charge in [-0.2, -0.15) is 0 Å². The molecule has 0 atom stereocenters. The van der Waals surface area contributed by atoms with Gasteiger partial charge in [0.05, 0.1) is 10.7 Å². The Morgan fingerprint density at radius 3 is 2.86 bits per heavy atom. The first-order valence-electron chi connectivity index (χ1n) is 3.68. The van der Waals surface area contributed by atoms with Gasteiger partial charge < -0.3 is 15.8 Å². The molecule has 0 heterocycles. The highest BCUT2D eigenvalue weighted by atomic mass is 35.5. The Kier molecular flexibility index (Phi) is 3.14. The van der Waals surface area contributed by atoms with Crippen molar-refractivity contribution in [3.63, 3.8) is 0 Å². The summed E-state index contributed by atoms with van der Waals surface area (Å²) in [6.45, 7) is 0. The van der Waals surface area contributed by atoms with Crippen molar-refractivity contribution >= 4 is 23.4 Å². The van der Waals surface area contributed by atoms with E-state index >= 15 is 0 Å². The first-order valence-corrected chi connectivity index (χ1v) is 4.06. The second-order valence-corrected chi connectivity index (χ2v) is 2.85. The molecule has 1 aromatic carbocycles. The number of benzene rings is 1. The van der Waals surface area contributed by atoms with Crippen LogP contribution in [0.3, 0.4) is 0 Å². The van der Waals surface area contributed by atoms with Crippen molar-refractivity contribution in [2.45, 2.75) is 0 Å². The van der Waals surface area contributed by atoms with Crippen molar-refractivity contribution in [3.8, 4) is 5.75 Å². The Labute approximate surface area is 84.8 Å². The summed E-state index contributed by atoms with van der Waals surface area (Å²) in [5.74, 6) is -0.758. The molecule has 0 spiro atoms. The summed E-state index contributed by atoms with van der Waals surface area (Å²) in [5, 5.41) is 2.28. The van der Waals surface area contributed by atoms with Gasteiger partial charge in [-0.25, -0.2) is 9.18 Å². The zero-order valence-electron chi connectivity index (χ0n) is 7.30. The standard InChI is InChI=1S/C8H8ClFN2O2/c1-12-8(13)14-7-3-5(10)6(11)2-4(7)9/h2-3H,11H2,1H3,(H,12,13). The van der Waals surface area contributed by atoms with E-state index in [-0.39, 0.29) is 16.5 Å². The Bertz CT molecular complexity index is 371. The largest absolute Gasteiger partial charge is 0.412 e. The number of amides is 1. The molecule has 0 saturated heterocycles. The van der Waals surface area contributed by atoms with Gasteiger partial charge in [-0.1, -0.05) is 11.6 Å². The Morgan fingerprint density at radius 2 is 2.29 bits per heavy atom. The summed E-state index contributed by atoms with van der Waals surface area (Å²) < 4.78 is 17.6. The van der Waals surface area contributed by atoms with E-state index in [9.17, 15) is 9.18 Å². The van der Waals surface area contributed by atoms with Crippen LogP contribution in [0.2, 0.25) is 5.02 Å². The third-order valence-electron chi connectivity index (χ3n) is 1.46. The SMILES string of the molecule is CNC(=O)Oc1cc(F)c(N)cc1Cl. The highest BCUT2D eigenvalue weighted by Gasteiger charge is 2.10. The zero-order valence-corrected chi connectivity index (χ0v) is 8.06. The molecule has 3 N–H and O–H groups in total. The van der Waals surface area contributed by atoms with E-state index in [0.717, 1.165) is 6.07 Å². The fourth-order valence-corrected chi connectivity index (χ4v) is 0.984. The van der Waals surface area contributed by atoms with Crippen LogP contribution in [-0.2, 0) is 0 Å². The first kappa shape index (κ1) is 10.6. The molecule has 0 radical (unpaired) electrons. The van der Waals surface area contributed by atoms with Crippen molar-refractivity contribution < 1.29 is 13.9 Å². The Balaban J connectivity index is 2.98. The van der Waals surface area contributed by atoms with Crippen LogP contribution in [-0.4, -0.2) is 13.1 Å². The molecule has 1 amide bonds. The minimum atomic E-state index is -0.726. The number of anilines is 1. The number of nitrogens with one attached hydrogen (secondary N) is 1. The number of carbonyl (C=O) groups excluding carboxylic acids is 1. The second-order valence-electron chi connectivity index (χ2n) is 2.44. The van der Waals surface area contributed by atoms with Gasteiger partial charge >= 0.3 is 6.09 Å². The van der Waals surface area contributed by atoms with E-state index < -0.39 is 11.9 Å². The van der Waals surface area contributed by atoms with Crippen LogP contribution in [0.5, 0.6) is 5.75 Å². The maximum atomic E-state index is 12.9.